The molecule has 1 aliphatic rings. The molecule has 2 N–H and O–H groups in total. The van der Waals surface area contributed by atoms with E-state index in [1.807, 2.05) is 24.3 Å². The highest BCUT2D eigenvalue weighted by Crippen LogP contribution is 2.31. The Hall–Kier alpha value is -1.96. The van der Waals surface area contributed by atoms with Gasteiger partial charge in [0, 0.05) is 12.1 Å². The predicted octanol–water partition coefficient (Wildman–Crippen LogP) is 3.01. The number of rotatable bonds is 6. The Balaban J connectivity index is 1.82. The maximum atomic E-state index is 12.6. The van der Waals surface area contributed by atoms with E-state index in [0.717, 1.165) is 18.4 Å². The van der Waals surface area contributed by atoms with Crippen molar-refractivity contribution < 1.29 is 17.6 Å². The second-order valence-electron chi connectivity index (χ2n) is 6.00. The molecule has 0 heterocycles. The molecule has 1 atom stereocenters. The fraction of sp³-hybridized carbons (Fsp3) is 0.278. The number of sulfonamides is 1. The second kappa shape index (κ2) is 7.73. The molecular weight excluding hydrogens is 379 g/mol. The SMILES string of the molecule is O=C(NC1CCc2ccccc21)c1ccc(Cl)c(S(=O)(=O)NCCF)c1. The van der Waals surface area contributed by atoms with Crippen molar-refractivity contribution in [3.8, 4) is 0 Å². The number of hydrogen-bond donors (Lipinski definition) is 2. The number of nitrogens with one attached hydrogen (secondary N) is 2. The number of carbonyl (C=O) groups is 1. The van der Waals surface area contributed by atoms with Gasteiger partial charge in [0.25, 0.3) is 5.91 Å². The summed E-state index contributed by atoms with van der Waals surface area (Å²) >= 11 is 5.96. The molecule has 138 valence electrons. The number of hydrogen-bond acceptors (Lipinski definition) is 3. The topological polar surface area (TPSA) is 75.3 Å². The highest BCUT2D eigenvalue weighted by atomic mass is 35.5. The van der Waals surface area contributed by atoms with Crippen LogP contribution in [0.4, 0.5) is 4.39 Å². The molecule has 2 aromatic carbocycles. The van der Waals surface area contributed by atoms with E-state index in [9.17, 15) is 17.6 Å². The van der Waals surface area contributed by atoms with Gasteiger partial charge in [-0.15, -0.1) is 0 Å². The summed E-state index contributed by atoms with van der Waals surface area (Å²) < 4.78 is 38.8. The molecular formula is C18H18ClFN2O3S. The van der Waals surface area contributed by atoms with Crippen LogP contribution in [0.15, 0.2) is 47.4 Å². The number of fused-ring (bicyclic) bond motifs is 1. The summed E-state index contributed by atoms with van der Waals surface area (Å²) in [7, 11) is -3.99. The van der Waals surface area contributed by atoms with Gasteiger partial charge >= 0.3 is 0 Å². The normalized spacial score (nSPS) is 16.3. The second-order valence-corrected chi connectivity index (χ2v) is 8.14. The van der Waals surface area contributed by atoms with E-state index in [4.69, 9.17) is 11.6 Å². The zero-order chi connectivity index (χ0) is 18.7. The Morgan fingerprint density at radius 1 is 1.23 bits per heavy atom. The van der Waals surface area contributed by atoms with Crippen molar-refractivity contribution >= 4 is 27.5 Å². The Morgan fingerprint density at radius 2 is 2.00 bits per heavy atom. The third-order valence-electron chi connectivity index (χ3n) is 4.31. The van der Waals surface area contributed by atoms with E-state index < -0.39 is 16.7 Å². The lowest BCUT2D eigenvalue weighted by molar-refractivity contribution is 0.0936. The van der Waals surface area contributed by atoms with Crippen LogP contribution < -0.4 is 10.0 Å². The number of halogens is 2. The third kappa shape index (κ3) is 3.90. The molecule has 0 fully saturated rings. The van der Waals surface area contributed by atoms with Gasteiger partial charge in [-0.3, -0.25) is 4.79 Å². The van der Waals surface area contributed by atoms with Crippen molar-refractivity contribution in [2.75, 3.05) is 13.2 Å². The number of aryl methyl sites for hydroxylation is 1. The van der Waals surface area contributed by atoms with Crippen molar-refractivity contribution in [2.45, 2.75) is 23.8 Å². The smallest absolute Gasteiger partial charge is 0.251 e. The van der Waals surface area contributed by atoms with Gasteiger partial charge in [-0.05, 0) is 42.2 Å². The summed E-state index contributed by atoms with van der Waals surface area (Å²) in [6, 6.07) is 11.8. The maximum Gasteiger partial charge on any atom is 0.251 e. The molecule has 1 amide bonds. The van der Waals surface area contributed by atoms with Gasteiger partial charge in [0.1, 0.15) is 11.6 Å². The van der Waals surface area contributed by atoms with Crippen molar-refractivity contribution in [1.29, 1.82) is 0 Å². The molecule has 0 bridgehead atoms. The third-order valence-corrected chi connectivity index (χ3v) is 6.25. The molecule has 1 aliphatic carbocycles. The van der Waals surface area contributed by atoms with E-state index in [2.05, 4.69) is 10.0 Å². The van der Waals surface area contributed by atoms with Crippen LogP contribution in [0, 0.1) is 0 Å². The molecule has 0 spiro atoms. The van der Waals surface area contributed by atoms with Crippen LogP contribution in [-0.2, 0) is 16.4 Å². The monoisotopic (exact) mass is 396 g/mol. The van der Waals surface area contributed by atoms with Crippen LogP contribution in [0.3, 0.4) is 0 Å². The summed E-state index contributed by atoms with van der Waals surface area (Å²) in [5.74, 6) is -0.384. The minimum absolute atomic E-state index is 0.0286. The van der Waals surface area contributed by atoms with Crippen LogP contribution in [-0.4, -0.2) is 27.5 Å². The van der Waals surface area contributed by atoms with Crippen molar-refractivity contribution in [1.82, 2.24) is 10.0 Å². The summed E-state index contributed by atoms with van der Waals surface area (Å²) in [5.41, 5.74) is 2.46. The van der Waals surface area contributed by atoms with Gasteiger partial charge in [-0.1, -0.05) is 35.9 Å². The summed E-state index contributed by atoms with van der Waals surface area (Å²) in [5, 5.41) is 2.91. The minimum Gasteiger partial charge on any atom is -0.345 e. The number of alkyl halides is 1. The van der Waals surface area contributed by atoms with E-state index in [0.29, 0.717) is 0 Å². The average Bonchev–Trinajstić information content (AvgIpc) is 3.03. The lowest BCUT2D eigenvalue weighted by atomic mass is 10.1. The quantitative estimate of drug-likeness (QED) is 0.788. The molecule has 5 nitrogen and oxygen atoms in total. The largest absolute Gasteiger partial charge is 0.345 e. The molecule has 2 aromatic rings. The summed E-state index contributed by atoms with van der Waals surface area (Å²) in [4.78, 5) is 12.3. The molecule has 8 heteroatoms. The van der Waals surface area contributed by atoms with Crippen LogP contribution in [0.5, 0.6) is 0 Å². The molecule has 0 radical (unpaired) electrons. The Morgan fingerprint density at radius 3 is 2.77 bits per heavy atom. The molecule has 26 heavy (non-hydrogen) atoms. The zero-order valence-corrected chi connectivity index (χ0v) is 15.4. The Bertz CT molecular complexity index is 934. The average molecular weight is 397 g/mol. The first-order valence-electron chi connectivity index (χ1n) is 8.16. The number of carbonyl (C=O) groups excluding carboxylic acids is 1. The Kier molecular flexibility index (Phi) is 5.60. The molecule has 3 rings (SSSR count). The van der Waals surface area contributed by atoms with Crippen molar-refractivity contribution in [3.05, 3.63) is 64.2 Å². The van der Waals surface area contributed by atoms with Crippen molar-refractivity contribution in [2.24, 2.45) is 0 Å². The standard InChI is InChI=1S/C18H18ClFN2O3S/c19-15-7-5-13(11-17(15)26(24,25)21-10-9-20)18(23)22-16-8-6-12-3-1-2-4-14(12)16/h1-5,7,11,16,21H,6,8-10H2,(H,22,23). The van der Waals surface area contributed by atoms with E-state index in [-0.39, 0.29) is 34.0 Å². The minimum atomic E-state index is -3.99. The van der Waals surface area contributed by atoms with E-state index >= 15 is 0 Å². The first-order valence-corrected chi connectivity index (χ1v) is 10.0. The number of benzene rings is 2. The first-order chi connectivity index (χ1) is 12.4. The fourth-order valence-electron chi connectivity index (χ4n) is 3.05. The van der Waals surface area contributed by atoms with Gasteiger partial charge in [0.2, 0.25) is 10.0 Å². The van der Waals surface area contributed by atoms with Crippen LogP contribution in [0.2, 0.25) is 5.02 Å². The molecule has 0 aliphatic heterocycles. The predicted molar refractivity (Wildman–Crippen MR) is 97.6 cm³/mol. The molecule has 0 aromatic heterocycles. The van der Waals surface area contributed by atoms with Gasteiger partial charge in [0.15, 0.2) is 0 Å². The summed E-state index contributed by atoms with van der Waals surface area (Å²) in [6.07, 6.45) is 1.68. The highest BCUT2D eigenvalue weighted by molar-refractivity contribution is 7.89. The number of amides is 1. The molecule has 1 unspecified atom stereocenters. The lowest BCUT2D eigenvalue weighted by Crippen LogP contribution is -2.28. The van der Waals surface area contributed by atoms with Gasteiger partial charge in [-0.25, -0.2) is 17.5 Å². The molecule has 0 saturated heterocycles. The highest BCUT2D eigenvalue weighted by Gasteiger charge is 2.25. The first kappa shape index (κ1) is 18.8. The van der Waals surface area contributed by atoms with Gasteiger partial charge in [0.05, 0.1) is 11.1 Å². The Labute approximate surface area is 156 Å². The fourth-order valence-corrected chi connectivity index (χ4v) is 4.58. The van der Waals surface area contributed by atoms with E-state index in [1.54, 1.807) is 0 Å². The van der Waals surface area contributed by atoms with Crippen LogP contribution in [0.25, 0.3) is 0 Å². The molecule has 0 saturated carbocycles. The summed E-state index contributed by atoms with van der Waals surface area (Å²) in [6.45, 7) is -1.19. The zero-order valence-electron chi connectivity index (χ0n) is 13.8. The lowest BCUT2D eigenvalue weighted by Gasteiger charge is -2.15. The van der Waals surface area contributed by atoms with E-state index in [1.165, 1.54) is 23.8 Å². The maximum absolute atomic E-state index is 12.6. The van der Waals surface area contributed by atoms with Gasteiger partial charge in [-0.2, -0.15) is 0 Å². The van der Waals surface area contributed by atoms with Crippen molar-refractivity contribution in [3.63, 3.8) is 0 Å². The van der Waals surface area contributed by atoms with Gasteiger partial charge < -0.3 is 5.32 Å². The van der Waals surface area contributed by atoms with Crippen LogP contribution >= 0.6 is 11.6 Å². The van der Waals surface area contributed by atoms with Crippen LogP contribution in [0.1, 0.15) is 33.9 Å².